The molecule has 2 aromatic heterocycles. The monoisotopic (exact) mass is 261 g/mol. The van der Waals surface area contributed by atoms with E-state index in [0.717, 1.165) is 23.6 Å². The van der Waals surface area contributed by atoms with E-state index in [-0.39, 0.29) is 0 Å². The predicted octanol–water partition coefficient (Wildman–Crippen LogP) is 1.85. The predicted molar refractivity (Wildman–Crippen MR) is 75.1 cm³/mol. The van der Waals surface area contributed by atoms with Gasteiger partial charge in [-0.25, -0.2) is 15.8 Å². The zero-order valence-electron chi connectivity index (χ0n) is 11.4. The van der Waals surface area contributed by atoms with Gasteiger partial charge >= 0.3 is 0 Å². The van der Waals surface area contributed by atoms with Crippen LogP contribution in [0.3, 0.4) is 0 Å². The maximum absolute atomic E-state index is 5.44. The molecule has 2 heterocycles. The van der Waals surface area contributed by atoms with Gasteiger partial charge in [0.25, 0.3) is 0 Å². The lowest BCUT2D eigenvalue weighted by Gasteiger charge is -2.11. The molecule has 7 nitrogen and oxygen atoms in total. The first-order valence-electron chi connectivity index (χ1n) is 6.28. The van der Waals surface area contributed by atoms with Gasteiger partial charge < -0.3 is 10.7 Å². The Morgan fingerprint density at radius 1 is 1.32 bits per heavy atom. The maximum atomic E-state index is 5.44. The molecular formula is C12H19N7. The summed E-state index contributed by atoms with van der Waals surface area (Å²) in [6.07, 6.45) is 4.17. The number of nitrogen functional groups attached to an aromatic ring is 1. The molecule has 0 aliphatic rings. The highest BCUT2D eigenvalue weighted by atomic mass is 15.3. The third-order valence-corrected chi connectivity index (χ3v) is 2.82. The Hall–Kier alpha value is -2.15. The molecule has 0 unspecified atom stereocenters. The van der Waals surface area contributed by atoms with Crippen LogP contribution in [0.1, 0.15) is 32.4 Å². The van der Waals surface area contributed by atoms with Crippen molar-refractivity contribution >= 4 is 17.5 Å². The van der Waals surface area contributed by atoms with Gasteiger partial charge in [-0.05, 0) is 20.3 Å². The molecule has 0 radical (unpaired) electrons. The van der Waals surface area contributed by atoms with Gasteiger partial charge in [0, 0.05) is 23.9 Å². The average molecular weight is 261 g/mol. The van der Waals surface area contributed by atoms with E-state index < -0.39 is 0 Å². The lowest BCUT2D eigenvalue weighted by molar-refractivity contribution is 0.534. The van der Waals surface area contributed by atoms with Gasteiger partial charge in [0.2, 0.25) is 0 Å². The average Bonchev–Trinajstić information content (AvgIpc) is 2.87. The van der Waals surface area contributed by atoms with Crippen LogP contribution in [0.25, 0.3) is 0 Å². The maximum Gasteiger partial charge on any atom is 0.153 e. The van der Waals surface area contributed by atoms with E-state index in [9.17, 15) is 0 Å². The van der Waals surface area contributed by atoms with Gasteiger partial charge in [-0.1, -0.05) is 6.92 Å². The van der Waals surface area contributed by atoms with Crippen LogP contribution >= 0.6 is 0 Å². The molecule has 0 aliphatic heterocycles. The van der Waals surface area contributed by atoms with Crippen LogP contribution in [0.15, 0.2) is 18.6 Å². The summed E-state index contributed by atoms with van der Waals surface area (Å²) in [7, 11) is 0. The third kappa shape index (κ3) is 2.82. The Bertz CT molecular complexity index is 547. The summed E-state index contributed by atoms with van der Waals surface area (Å²) in [4.78, 5) is 8.33. The van der Waals surface area contributed by atoms with Crippen LogP contribution in [-0.2, 0) is 6.42 Å². The Kier molecular flexibility index (Phi) is 3.96. The minimum atomic E-state index is 0.327. The van der Waals surface area contributed by atoms with Crippen LogP contribution in [-0.4, -0.2) is 19.7 Å². The summed E-state index contributed by atoms with van der Waals surface area (Å²) in [5.74, 6) is 7.55. The van der Waals surface area contributed by atoms with Crippen LogP contribution in [0.5, 0.6) is 0 Å². The second kappa shape index (κ2) is 5.66. The smallest absolute Gasteiger partial charge is 0.153 e. The second-order valence-corrected chi connectivity index (χ2v) is 4.45. The van der Waals surface area contributed by atoms with Crippen LogP contribution in [0.4, 0.5) is 17.5 Å². The highest BCUT2D eigenvalue weighted by Crippen LogP contribution is 2.22. The molecule has 2 aromatic rings. The number of hydrogen-bond acceptors (Lipinski definition) is 6. The summed E-state index contributed by atoms with van der Waals surface area (Å²) in [6, 6.07) is 2.24. The molecule has 0 amide bonds. The van der Waals surface area contributed by atoms with Crippen molar-refractivity contribution in [3.63, 3.8) is 0 Å². The van der Waals surface area contributed by atoms with Crippen molar-refractivity contribution in [3.8, 4) is 0 Å². The fraction of sp³-hybridized carbons (Fsp3) is 0.417. The van der Waals surface area contributed by atoms with Crippen molar-refractivity contribution in [1.29, 1.82) is 0 Å². The summed E-state index contributed by atoms with van der Waals surface area (Å²) >= 11 is 0. The topological polar surface area (TPSA) is 93.7 Å². The Labute approximate surface area is 112 Å². The number of hydrogen-bond donors (Lipinski definition) is 3. The highest BCUT2D eigenvalue weighted by molar-refractivity contribution is 5.62. The largest absolute Gasteiger partial charge is 0.323 e. The SMILES string of the molecule is CCc1c(NN)ncnc1Nc1ccn(C(C)C)n1. The summed E-state index contributed by atoms with van der Waals surface area (Å²) < 4.78 is 1.89. The number of hydrazine groups is 1. The molecule has 7 heteroatoms. The fourth-order valence-electron chi connectivity index (χ4n) is 1.79. The molecule has 0 atom stereocenters. The van der Waals surface area contributed by atoms with E-state index in [4.69, 9.17) is 5.84 Å². The number of rotatable bonds is 5. The minimum Gasteiger partial charge on any atom is -0.323 e. The second-order valence-electron chi connectivity index (χ2n) is 4.45. The molecule has 19 heavy (non-hydrogen) atoms. The molecule has 0 fully saturated rings. The molecule has 4 N–H and O–H groups in total. The summed E-state index contributed by atoms with van der Waals surface area (Å²) in [6.45, 7) is 6.18. The van der Waals surface area contributed by atoms with Crippen molar-refractivity contribution in [2.45, 2.75) is 33.2 Å². The first-order chi connectivity index (χ1) is 9.15. The first kappa shape index (κ1) is 13.3. The van der Waals surface area contributed by atoms with E-state index in [1.807, 2.05) is 23.9 Å². The van der Waals surface area contributed by atoms with Crippen molar-refractivity contribution in [3.05, 3.63) is 24.2 Å². The number of nitrogens with one attached hydrogen (secondary N) is 2. The van der Waals surface area contributed by atoms with Gasteiger partial charge in [-0.15, -0.1) is 0 Å². The quantitative estimate of drug-likeness (QED) is 0.561. The molecule has 0 bridgehead atoms. The van der Waals surface area contributed by atoms with Crippen LogP contribution < -0.4 is 16.6 Å². The lowest BCUT2D eigenvalue weighted by Crippen LogP contribution is -2.13. The minimum absolute atomic E-state index is 0.327. The molecule has 0 aromatic carbocycles. The normalized spacial score (nSPS) is 10.8. The molecule has 0 aliphatic carbocycles. The van der Waals surface area contributed by atoms with E-state index in [2.05, 4.69) is 39.7 Å². The van der Waals surface area contributed by atoms with Gasteiger partial charge in [0.1, 0.15) is 18.0 Å². The number of nitrogens with two attached hydrogens (primary N) is 1. The van der Waals surface area contributed by atoms with E-state index in [1.54, 1.807) is 0 Å². The molecule has 0 saturated carbocycles. The van der Waals surface area contributed by atoms with Crippen molar-refractivity contribution in [1.82, 2.24) is 19.7 Å². The van der Waals surface area contributed by atoms with Gasteiger partial charge in [-0.3, -0.25) is 4.68 Å². The summed E-state index contributed by atoms with van der Waals surface area (Å²) in [5.41, 5.74) is 3.51. The molecule has 102 valence electrons. The first-order valence-corrected chi connectivity index (χ1v) is 6.28. The van der Waals surface area contributed by atoms with E-state index >= 15 is 0 Å². The Morgan fingerprint density at radius 2 is 2.05 bits per heavy atom. The van der Waals surface area contributed by atoms with Gasteiger partial charge in [0.05, 0.1) is 0 Å². The zero-order chi connectivity index (χ0) is 13.8. The Morgan fingerprint density at radius 3 is 2.63 bits per heavy atom. The van der Waals surface area contributed by atoms with Gasteiger partial charge in [0.15, 0.2) is 5.82 Å². The van der Waals surface area contributed by atoms with Crippen molar-refractivity contribution in [2.75, 3.05) is 10.7 Å². The molecule has 0 spiro atoms. The third-order valence-electron chi connectivity index (χ3n) is 2.82. The fourth-order valence-corrected chi connectivity index (χ4v) is 1.79. The summed E-state index contributed by atoms with van der Waals surface area (Å²) in [5, 5.41) is 7.62. The molecular weight excluding hydrogens is 242 g/mol. The highest BCUT2D eigenvalue weighted by Gasteiger charge is 2.10. The lowest BCUT2D eigenvalue weighted by atomic mass is 10.2. The van der Waals surface area contributed by atoms with Crippen molar-refractivity contribution < 1.29 is 0 Å². The van der Waals surface area contributed by atoms with Gasteiger partial charge in [-0.2, -0.15) is 5.10 Å². The van der Waals surface area contributed by atoms with Crippen LogP contribution in [0, 0.1) is 0 Å². The zero-order valence-corrected chi connectivity index (χ0v) is 11.4. The standard InChI is InChI=1S/C12H19N7/c1-4-9-11(14-7-15-12(9)17-13)16-10-5-6-19(18-10)8(2)3/h5-8H,4,13H2,1-3H3,(H2,14,15,16,17,18). The number of nitrogens with zero attached hydrogens (tertiary/aromatic N) is 4. The van der Waals surface area contributed by atoms with Crippen molar-refractivity contribution in [2.24, 2.45) is 5.84 Å². The Balaban J connectivity index is 2.27. The number of anilines is 3. The van der Waals surface area contributed by atoms with E-state index in [0.29, 0.717) is 11.9 Å². The van der Waals surface area contributed by atoms with Crippen LogP contribution in [0.2, 0.25) is 0 Å². The van der Waals surface area contributed by atoms with E-state index in [1.165, 1.54) is 6.33 Å². The molecule has 0 saturated heterocycles. The number of aromatic nitrogens is 4. The molecule has 2 rings (SSSR count).